The van der Waals surface area contributed by atoms with Gasteiger partial charge >= 0.3 is 0 Å². The van der Waals surface area contributed by atoms with E-state index in [0.29, 0.717) is 12.6 Å². The first-order valence-electron chi connectivity index (χ1n) is 6.59. The highest BCUT2D eigenvalue weighted by atomic mass is 16.3. The molecule has 0 saturated heterocycles. The zero-order valence-corrected chi connectivity index (χ0v) is 11.7. The molecule has 0 atom stereocenters. The molecule has 2 N–H and O–H groups in total. The van der Waals surface area contributed by atoms with Crippen LogP contribution in [0, 0.1) is 0 Å². The minimum absolute atomic E-state index is 0.124. The van der Waals surface area contributed by atoms with Crippen molar-refractivity contribution in [2.75, 3.05) is 30.4 Å². The van der Waals surface area contributed by atoms with Gasteiger partial charge in [0, 0.05) is 30.4 Å². The second-order valence-electron chi connectivity index (χ2n) is 4.99. The predicted molar refractivity (Wildman–Crippen MR) is 80.9 cm³/mol. The molecule has 1 heterocycles. The molecular formula is C15H21N3O. The smallest absolute Gasteiger partial charge is 0.136 e. The van der Waals surface area contributed by atoms with Crippen LogP contribution in [-0.4, -0.2) is 36.3 Å². The number of hydrogen-bond donors (Lipinski definition) is 2. The van der Waals surface area contributed by atoms with Crippen LogP contribution in [0.1, 0.15) is 13.8 Å². The highest BCUT2D eigenvalue weighted by Gasteiger charge is 2.10. The van der Waals surface area contributed by atoms with Crippen molar-refractivity contribution in [1.82, 2.24) is 4.98 Å². The van der Waals surface area contributed by atoms with Gasteiger partial charge in [-0.1, -0.05) is 24.3 Å². The summed E-state index contributed by atoms with van der Waals surface area (Å²) in [6.45, 7) is 4.92. The predicted octanol–water partition coefficient (Wildman–Crippen LogP) is 2.48. The monoisotopic (exact) mass is 259 g/mol. The number of fused-ring (bicyclic) bond motifs is 1. The van der Waals surface area contributed by atoms with Gasteiger partial charge in [0.1, 0.15) is 5.82 Å². The van der Waals surface area contributed by atoms with Crippen LogP contribution in [0.25, 0.3) is 10.8 Å². The van der Waals surface area contributed by atoms with Crippen molar-refractivity contribution >= 4 is 22.3 Å². The van der Waals surface area contributed by atoms with Crippen molar-refractivity contribution in [3.8, 4) is 0 Å². The van der Waals surface area contributed by atoms with E-state index in [2.05, 4.69) is 36.3 Å². The summed E-state index contributed by atoms with van der Waals surface area (Å²) in [5, 5.41) is 14.7. The van der Waals surface area contributed by atoms with E-state index in [1.165, 1.54) is 0 Å². The summed E-state index contributed by atoms with van der Waals surface area (Å²) in [4.78, 5) is 6.50. The minimum Gasteiger partial charge on any atom is -0.395 e. The third-order valence-electron chi connectivity index (χ3n) is 3.02. The highest BCUT2D eigenvalue weighted by molar-refractivity contribution is 6.00. The van der Waals surface area contributed by atoms with Crippen LogP contribution in [0.5, 0.6) is 0 Å². The van der Waals surface area contributed by atoms with Gasteiger partial charge in [-0.15, -0.1) is 0 Å². The zero-order valence-electron chi connectivity index (χ0n) is 11.7. The number of hydrogen-bond acceptors (Lipinski definition) is 4. The molecule has 4 nitrogen and oxygen atoms in total. The third-order valence-corrected chi connectivity index (χ3v) is 3.02. The first-order valence-corrected chi connectivity index (χ1v) is 6.59. The Labute approximate surface area is 114 Å². The summed E-state index contributed by atoms with van der Waals surface area (Å²) < 4.78 is 0. The van der Waals surface area contributed by atoms with Crippen molar-refractivity contribution in [1.29, 1.82) is 0 Å². The molecule has 0 spiro atoms. The number of aliphatic hydroxyl groups is 1. The van der Waals surface area contributed by atoms with Crippen LogP contribution >= 0.6 is 0 Å². The van der Waals surface area contributed by atoms with E-state index < -0.39 is 0 Å². The number of anilines is 2. The molecular weight excluding hydrogens is 238 g/mol. The maximum Gasteiger partial charge on any atom is 0.136 e. The molecule has 0 aliphatic rings. The minimum atomic E-state index is 0.124. The number of likely N-dealkylation sites (N-methyl/N-ethyl adjacent to an activating group) is 1. The Balaban J connectivity index is 2.51. The summed E-state index contributed by atoms with van der Waals surface area (Å²) in [6.07, 6.45) is 1.87. The number of aliphatic hydroxyl groups excluding tert-OH is 1. The van der Waals surface area contributed by atoms with Gasteiger partial charge in [-0.25, -0.2) is 4.98 Å². The quantitative estimate of drug-likeness (QED) is 0.866. The normalized spacial score (nSPS) is 11.0. The first kappa shape index (κ1) is 13.6. The fraction of sp³-hybridized carbons (Fsp3) is 0.400. The third kappa shape index (κ3) is 2.96. The van der Waals surface area contributed by atoms with Crippen molar-refractivity contribution in [3.63, 3.8) is 0 Å². The number of benzene rings is 1. The maximum absolute atomic E-state index is 9.06. The molecule has 19 heavy (non-hydrogen) atoms. The zero-order chi connectivity index (χ0) is 13.8. The lowest BCUT2D eigenvalue weighted by Gasteiger charge is -2.21. The summed E-state index contributed by atoms with van der Waals surface area (Å²) >= 11 is 0. The Morgan fingerprint density at radius 1 is 1.26 bits per heavy atom. The van der Waals surface area contributed by atoms with Crippen molar-refractivity contribution in [2.24, 2.45) is 0 Å². The first-order chi connectivity index (χ1) is 9.13. The molecule has 1 aromatic carbocycles. The van der Waals surface area contributed by atoms with Crippen molar-refractivity contribution in [2.45, 2.75) is 19.9 Å². The van der Waals surface area contributed by atoms with Gasteiger partial charge in [-0.05, 0) is 13.8 Å². The molecule has 0 fully saturated rings. The van der Waals surface area contributed by atoms with Crippen LogP contribution < -0.4 is 10.2 Å². The summed E-state index contributed by atoms with van der Waals surface area (Å²) in [5.74, 6) is 0.902. The fourth-order valence-corrected chi connectivity index (χ4v) is 2.16. The van der Waals surface area contributed by atoms with Crippen molar-refractivity contribution in [3.05, 3.63) is 30.5 Å². The second kappa shape index (κ2) is 5.89. The number of nitrogens with one attached hydrogen (secondary N) is 1. The lowest BCUT2D eigenvalue weighted by atomic mass is 10.1. The van der Waals surface area contributed by atoms with Crippen LogP contribution in [0.3, 0.4) is 0 Å². The van der Waals surface area contributed by atoms with Gasteiger partial charge in [-0.2, -0.15) is 0 Å². The summed E-state index contributed by atoms with van der Waals surface area (Å²) in [5.41, 5.74) is 1.05. The molecule has 102 valence electrons. The molecule has 0 saturated carbocycles. The van der Waals surface area contributed by atoms with E-state index in [1.54, 1.807) is 0 Å². The number of nitrogens with zero attached hydrogens (tertiary/aromatic N) is 2. The van der Waals surface area contributed by atoms with Crippen LogP contribution in [-0.2, 0) is 0 Å². The number of pyridine rings is 1. The fourth-order valence-electron chi connectivity index (χ4n) is 2.16. The maximum atomic E-state index is 9.06. The lowest BCUT2D eigenvalue weighted by molar-refractivity contribution is 0.304. The van der Waals surface area contributed by atoms with Gasteiger partial charge in [0.25, 0.3) is 0 Å². The molecule has 1 aromatic heterocycles. The number of aromatic nitrogens is 1. The van der Waals surface area contributed by atoms with E-state index in [4.69, 9.17) is 5.11 Å². The van der Waals surface area contributed by atoms with E-state index in [0.717, 1.165) is 22.3 Å². The second-order valence-corrected chi connectivity index (χ2v) is 4.99. The van der Waals surface area contributed by atoms with E-state index in [9.17, 15) is 0 Å². The Bertz CT molecular complexity index is 554. The average Bonchev–Trinajstić information content (AvgIpc) is 2.38. The molecule has 0 aliphatic heterocycles. The Morgan fingerprint density at radius 2 is 1.95 bits per heavy atom. The van der Waals surface area contributed by atoms with E-state index >= 15 is 0 Å². The highest BCUT2D eigenvalue weighted by Crippen LogP contribution is 2.29. The van der Waals surface area contributed by atoms with Gasteiger partial charge in [0.05, 0.1) is 18.5 Å². The van der Waals surface area contributed by atoms with Gasteiger partial charge in [0.2, 0.25) is 0 Å². The van der Waals surface area contributed by atoms with Crippen molar-refractivity contribution < 1.29 is 5.11 Å². The van der Waals surface area contributed by atoms with Gasteiger partial charge in [0.15, 0.2) is 0 Å². The average molecular weight is 259 g/mol. The molecule has 0 unspecified atom stereocenters. The Morgan fingerprint density at radius 3 is 2.58 bits per heavy atom. The van der Waals surface area contributed by atoms with Gasteiger partial charge < -0.3 is 15.3 Å². The van der Waals surface area contributed by atoms with E-state index in [-0.39, 0.29) is 6.61 Å². The summed E-state index contributed by atoms with van der Waals surface area (Å²) in [6, 6.07) is 8.57. The SMILES string of the molecule is CC(C)Nc1cnc(N(C)CCO)c2ccccc12. The molecule has 0 radical (unpaired) electrons. The van der Waals surface area contributed by atoms with Gasteiger partial charge in [-0.3, -0.25) is 0 Å². The number of rotatable bonds is 5. The molecule has 2 aromatic rings. The Kier molecular flexibility index (Phi) is 4.22. The molecule has 0 aliphatic carbocycles. The summed E-state index contributed by atoms with van der Waals surface area (Å²) in [7, 11) is 1.94. The molecule has 4 heteroatoms. The molecule has 0 bridgehead atoms. The van der Waals surface area contributed by atoms with E-state index in [1.807, 2.05) is 30.3 Å². The van der Waals surface area contributed by atoms with Crippen LogP contribution in [0.2, 0.25) is 0 Å². The molecule has 2 rings (SSSR count). The topological polar surface area (TPSA) is 48.4 Å². The standard InChI is InChI=1S/C15H21N3O/c1-11(2)17-14-10-16-15(18(3)8-9-19)13-7-5-4-6-12(13)14/h4-7,10-11,17,19H,8-9H2,1-3H3. The largest absolute Gasteiger partial charge is 0.395 e. The Hall–Kier alpha value is -1.81. The van der Waals surface area contributed by atoms with Crippen LogP contribution in [0.4, 0.5) is 11.5 Å². The van der Waals surface area contributed by atoms with Crippen LogP contribution in [0.15, 0.2) is 30.5 Å². The lowest BCUT2D eigenvalue weighted by Crippen LogP contribution is -2.22. The molecule has 0 amide bonds.